The molecule has 108 valence electrons. The third-order valence-corrected chi connectivity index (χ3v) is 3.82. The van der Waals surface area contributed by atoms with Gasteiger partial charge in [-0.2, -0.15) is 5.10 Å². The molecule has 0 saturated carbocycles. The zero-order chi connectivity index (χ0) is 15.4. The summed E-state index contributed by atoms with van der Waals surface area (Å²) in [6.07, 6.45) is 2.70. The van der Waals surface area contributed by atoms with E-state index in [1.807, 2.05) is 22.6 Å². The van der Waals surface area contributed by atoms with E-state index < -0.39 is 4.92 Å². The van der Waals surface area contributed by atoms with Crippen molar-refractivity contribution in [1.82, 2.24) is 4.98 Å². The van der Waals surface area contributed by atoms with Crippen LogP contribution in [0.1, 0.15) is 5.56 Å². The van der Waals surface area contributed by atoms with Crippen LogP contribution in [0.15, 0.2) is 40.0 Å². The van der Waals surface area contributed by atoms with Crippen LogP contribution in [0.3, 0.4) is 0 Å². The van der Waals surface area contributed by atoms with Crippen molar-refractivity contribution in [3.8, 4) is 5.75 Å². The highest BCUT2D eigenvalue weighted by molar-refractivity contribution is 14.1. The maximum Gasteiger partial charge on any atom is 0.287 e. The second-order valence-electron chi connectivity index (χ2n) is 3.86. The summed E-state index contributed by atoms with van der Waals surface area (Å²) < 4.78 is 1.26. The van der Waals surface area contributed by atoms with E-state index in [1.165, 1.54) is 12.1 Å². The van der Waals surface area contributed by atoms with Gasteiger partial charge in [-0.15, -0.1) is 0 Å². The first-order valence-corrected chi connectivity index (χ1v) is 7.42. The predicted octanol–water partition coefficient (Wildman–Crippen LogP) is 3.51. The lowest BCUT2D eigenvalue weighted by molar-refractivity contribution is -0.385. The van der Waals surface area contributed by atoms with E-state index in [-0.39, 0.29) is 11.4 Å². The van der Waals surface area contributed by atoms with Gasteiger partial charge in [-0.1, -0.05) is 0 Å². The second kappa shape index (κ2) is 6.80. The van der Waals surface area contributed by atoms with Crippen LogP contribution in [-0.4, -0.2) is 21.2 Å². The van der Waals surface area contributed by atoms with Crippen molar-refractivity contribution >= 4 is 56.2 Å². The predicted molar refractivity (Wildman–Crippen MR) is 90.6 cm³/mol. The fourth-order valence-corrected chi connectivity index (χ4v) is 2.89. The molecule has 0 radical (unpaired) electrons. The number of halogens is 2. The summed E-state index contributed by atoms with van der Waals surface area (Å²) in [6, 6.07) is 6.28. The van der Waals surface area contributed by atoms with Gasteiger partial charge in [0.25, 0.3) is 5.69 Å². The molecule has 0 bridgehead atoms. The molecule has 1 aromatic carbocycles. The minimum atomic E-state index is -0.518. The van der Waals surface area contributed by atoms with E-state index in [2.05, 4.69) is 31.4 Å². The number of phenolic OH excluding ortho intramolecular Hbond substituents is 1. The van der Waals surface area contributed by atoms with Crippen LogP contribution >= 0.6 is 38.5 Å². The number of aromatic hydroxyl groups is 1. The van der Waals surface area contributed by atoms with Crippen LogP contribution in [0.25, 0.3) is 0 Å². The van der Waals surface area contributed by atoms with Gasteiger partial charge in [0.1, 0.15) is 17.8 Å². The number of hydrogen-bond donors (Lipinski definition) is 2. The number of benzene rings is 1. The van der Waals surface area contributed by atoms with Gasteiger partial charge in [-0.05, 0) is 62.3 Å². The van der Waals surface area contributed by atoms with Gasteiger partial charge in [-0.3, -0.25) is 15.5 Å². The lowest BCUT2D eigenvalue weighted by atomic mass is 10.2. The monoisotopic (exact) mass is 462 g/mol. The van der Waals surface area contributed by atoms with Gasteiger partial charge in [-0.25, -0.2) is 4.98 Å². The minimum Gasteiger partial charge on any atom is -0.506 e. The highest BCUT2D eigenvalue weighted by Gasteiger charge is 2.05. The van der Waals surface area contributed by atoms with Crippen LogP contribution in [0.2, 0.25) is 0 Å². The number of anilines is 1. The molecule has 0 saturated heterocycles. The summed E-state index contributed by atoms with van der Waals surface area (Å²) >= 11 is 5.25. The number of rotatable bonds is 4. The Morgan fingerprint density at radius 3 is 2.81 bits per heavy atom. The molecule has 0 aliphatic carbocycles. The minimum absolute atomic E-state index is 0.0819. The van der Waals surface area contributed by atoms with Crippen LogP contribution in [-0.2, 0) is 0 Å². The van der Waals surface area contributed by atoms with Crippen LogP contribution in [0.4, 0.5) is 11.5 Å². The molecule has 21 heavy (non-hydrogen) atoms. The van der Waals surface area contributed by atoms with E-state index in [0.29, 0.717) is 13.9 Å². The van der Waals surface area contributed by atoms with Gasteiger partial charge < -0.3 is 5.11 Å². The molecule has 0 amide bonds. The SMILES string of the molecule is O=[N+]([O-])c1ccc(N/N=C\c2cc(Br)c(O)c(I)c2)nc1. The number of phenols is 1. The zero-order valence-corrected chi connectivity index (χ0v) is 14.1. The molecular weight excluding hydrogens is 455 g/mol. The molecule has 0 fully saturated rings. The van der Waals surface area contributed by atoms with Crippen molar-refractivity contribution in [2.24, 2.45) is 5.10 Å². The standard InChI is InChI=1S/C12H8BrIN4O3/c13-9-3-7(4-10(14)12(9)19)5-16-17-11-2-1-8(6-15-11)18(20)21/h1-6,19H,(H,15,17)/b16-5-. The summed E-state index contributed by atoms with van der Waals surface area (Å²) in [6.45, 7) is 0. The molecular formula is C12H8BrIN4O3. The molecule has 0 unspecified atom stereocenters. The number of nitro groups is 1. The molecule has 7 nitrogen and oxygen atoms in total. The molecule has 2 N–H and O–H groups in total. The average Bonchev–Trinajstić information content (AvgIpc) is 2.45. The zero-order valence-electron chi connectivity index (χ0n) is 10.3. The number of hydrazone groups is 1. The first-order valence-electron chi connectivity index (χ1n) is 5.55. The quantitative estimate of drug-likeness (QED) is 0.313. The Morgan fingerprint density at radius 2 is 2.24 bits per heavy atom. The van der Waals surface area contributed by atoms with Crippen molar-refractivity contribution in [3.05, 3.63) is 54.2 Å². The van der Waals surface area contributed by atoms with E-state index in [1.54, 1.807) is 18.3 Å². The average molecular weight is 463 g/mol. The third kappa shape index (κ3) is 4.11. The highest BCUT2D eigenvalue weighted by atomic mass is 127. The molecule has 2 aromatic rings. The molecule has 1 aromatic heterocycles. The number of aromatic nitrogens is 1. The molecule has 1 heterocycles. The van der Waals surface area contributed by atoms with E-state index >= 15 is 0 Å². The summed E-state index contributed by atoms with van der Waals surface area (Å²) in [4.78, 5) is 13.8. The molecule has 0 aliphatic rings. The van der Waals surface area contributed by atoms with Crippen molar-refractivity contribution < 1.29 is 10.0 Å². The Hall–Kier alpha value is -1.75. The van der Waals surface area contributed by atoms with Crippen LogP contribution in [0.5, 0.6) is 5.75 Å². The number of nitrogens with one attached hydrogen (secondary N) is 1. The smallest absolute Gasteiger partial charge is 0.287 e. The molecule has 9 heteroatoms. The topological polar surface area (TPSA) is 101 Å². The molecule has 2 rings (SSSR count). The molecule has 0 atom stereocenters. The first-order chi connectivity index (χ1) is 9.97. The van der Waals surface area contributed by atoms with Crippen LogP contribution in [0, 0.1) is 13.7 Å². The van der Waals surface area contributed by atoms with E-state index in [0.717, 1.165) is 11.8 Å². The van der Waals surface area contributed by atoms with Crippen molar-refractivity contribution in [3.63, 3.8) is 0 Å². The fourth-order valence-electron chi connectivity index (χ4n) is 1.39. The Bertz CT molecular complexity index is 683. The van der Waals surface area contributed by atoms with E-state index in [4.69, 9.17) is 0 Å². The lowest BCUT2D eigenvalue weighted by Crippen LogP contribution is -1.95. The number of nitrogens with zero attached hydrogens (tertiary/aromatic N) is 3. The Kier molecular flexibility index (Phi) is 5.07. The lowest BCUT2D eigenvalue weighted by Gasteiger charge is -2.02. The van der Waals surface area contributed by atoms with Gasteiger partial charge >= 0.3 is 0 Å². The van der Waals surface area contributed by atoms with Gasteiger partial charge in [0.05, 0.1) is 19.2 Å². The molecule has 0 aliphatic heterocycles. The van der Waals surface area contributed by atoms with Crippen molar-refractivity contribution in [1.29, 1.82) is 0 Å². The normalized spacial score (nSPS) is 10.8. The first kappa shape index (κ1) is 15.6. The number of pyridine rings is 1. The summed E-state index contributed by atoms with van der Waals surface area (Å²) in [7, 11) is 0. The summed E-state index contributed by atoms with van der Waals surface area (Å²) in [5.41, 5.74) is 3.36. The highest BCUT2D eigenvalue weighted by Crippen LogP contribution is 2.29. The largest absolute Gasteiger partial charge is 0.506 e. The third-order valence-electron chi connectivity index (χ3n) is 2.39. The maximum atomic E-state index is 10.5. The fraction of sp³-hybridized carbons (Fsp3) is 0. The van der Waals surface area contributed by atoms with Crippen molar-refractivity contribution in [2.45, 2.75) is 0 Å². The Labute approximate surface area is 141 Å². The van der Waals surface area contributed by atoms with Crippen LogP contribution < -0.4 is 5.43 Å². The van der Waals surface area contributed by atoms with Crippen molar-refractivity contribution in [2.75, 3.05) is 5.43 Å². The number of hydrogen-bond acceptors (Lipinski definition) is 6. The Balaban J connectivity index is 2.07. The van der Waals surface area contributed by atoms with Gasteiger partial charge in [0.15, 0.2) is 0 Å². The van der Waals surface area contributed by atoms with E-state index in [9.17, 15) is 15.2 Å². The van der Waals surface area contributed by atoms with Gasteiger partial charge in [0, 0.05) is 6.07 Å². The van der Waals surface area contributed by atoms with Gasteiger partial charge in [0.2, 0.25) is 0 Å². The summed E-state index contributed by atoms with van der Waals surface area (Å²) in [5, 5.41) is 24.1. The summed E-state index contributed by atoms with van der Waals surface area (Å²) in [5.74, 6) is 0.571. The Morgan fingerprint density at radius 1 is 1.48 bits per heavy atom. The second-order valence-corrected chi connectivity index (χ2v) is 5.88. The molecule has 0 spiro atoms. The maximum absolute atomic E-state index is 10.5.